The van der Waals surface area contributed by atoms with Gasteiger partial charge in [0.25, 0.3) is 5.91 Å². The number of amides is 1. The van der Waals surface area contributed by atoms with Gasteiger partial charge in [-0.2, -0.15) is 0 Å². The van der Waals surface area contributed by atoms with E-state index in [1.165, 1.54) is 11.4 Å². The lowest BCUT2D eigenvalue weighted by atomic mass is 10.2. The molecule has 0 aliphatic rings. The number of carbonyl (C=O) groups excluding carboxylic acids is 1. The predicted octanol–water partition coefficient (Wildman–Crippen LogP) is 2.74. The lowest BCUT2D eigenvalue weighted by Gasteiger charge is -2.20. The molecule has 1 N–H and O–H groups in total. The predicted molar refractivity (Wildman–Crippen MR) is 114 cm³/mol. The first-order valence-electron chi connectivity index (χ1n) is 9.26. The number of aryl methyl sites for hydroxylation is 1. The third kappa shape index (κ3) is 6.98. The summed E-state index contributed by atoms with van der Waals surface area (Å²) in [6.07, 6.45) is 0.420. The molecule has 0 aliphatic carbocycles. The molecule has 158 valence electrons. The number of hydrogen-bond acceptors (Lipinski definition) is 5. The first-order chi connectivity index (χ1) is 13.6. The Labute approximate surface area is 172 Å². The van der Waals surface area contributed by atoms with Gasteiger partial charge < -0.3 is 14.8 Å². The fourth-order valence-electron chi connectivity index (χ4n) is 2.44. The van der Waals surface area contributed by atoms with Gasteiger partial charge in [0, 0.05) is 7.05 Å². The summed E-state index contributed by atoms with van der Waals surface area (Å²) in [5.41, 5.74) is 1.67. The molecule has 2 rings (SSSR count). The Morgan fingerprint density at radius 3 is 2.14 bits per heavy atom. The maximum Gasteiger partial charge on any atom is 0.261 e. The van der Waals surface area contributed by atoms with Crippen molar-refractivity contribution in [3.05, 3.63) is 54.1 Å². The largest absolute Gasteiger partial charge is 0.491 e. The van der Waals surface area contributed by atoms with Crippen LogP contribution in [0.3, 0.4) is 0 Å². The van der Waals surface area contributed by atoms with E-state index < -0.39 is 16.1 Å². The van der Waals surface area contributed by atoms with Crippen LogP contribution in [-0.4, -0.2) is 46.4 Å². The molecule has 2 atom stereocenters. The van der Waals surface area contributed by atoms with E-state index in [-0.39, 0.29) is 11.9 Å². The van der Waals surface area contributed by atoms with E-state index in [0.717, 1.165) is 17.6 Å². The molecule has 0 bridgehead atoms. The Morgan fingerprint density at radius 1 is 1.03 bits per heavy atom. The van der Waals surface area contributed by atoms with Gasteiger partial charge in [-0.05, 0) is 57.2 Å². The third-order valence-electron chi connectivity index (χ3n) is 4.29. The number of rotatable bonds is 9. The standard InChI is InChI=1S/C21H28N2O5S/c1-15-6-10-19(11-7-15)27-14-16(2)22-21(24)17(3)28-20-12-8-18(9-13-20)23(4)29(5,25)26/h6-13,16-17H,14H2,1-5H3,(H,22,24)/t16-,17-/m1/s1. The molecule has 29 heavy (non-hydrogen) atoms. The molecule has 0 spiro atoms. The Morgan fingerprint density at radius 2 is 1.59 bits per heavy atom. The third-order valence-corrected chi connectivity index (χ3v) is 5.50. The van der Waals surface area contributed by atoms with Crippen LogP contribution in [0.1, 0.15) is 19.4 Å². The minimum Gasteiger partial charge on any atom is -0.491 e. The second-order valence-corrected chi connectivity index (χ2v) is 9.03. The first kappa shape index (κ1) is 22.5. The van der Waals surface area contributed by atoms with Crippen molar-refractivity contribution in [2.45, 2.75) is 32.9 Å². The van der Waals surface area contributed by atoms with Crippen molar-refractivity contribution in [1.29, 1.82) is 0 Å². The number of nitrogens with zero attached hydrogens (tertiary/aromatic N) is 1. The van der Waals surface area contributed by atoms with Crippen LogP contribution in [0.4, 0.5) is 5.69 Å². The Kier molecular flexibility index (Phi) is 7.50. The van der Waals surface area contributed by atoms with E-state index in [0.29, 0.717) is 18.0 Å². The van der Waals surface area contributed by atoms with E-state index in [2.05, 4.69) is 5.32 Å². The highest BCUT2D eigenvalue weighted by molar-refractivity contribution is 7.92. The molecule has 0 aromatic heterocycles. The molecule has 2 aromatic carbocycles. The molecule has 0 fully saturated rings. The van der Waals surface area contributed by atoms with Gasteiger partial charge >= 0.3 is 0 Å². The van der Waals surface area contributed by atoms with Crippen LogP contribution >= 0.6 is 0 Å². The minimum absolute atomic E-state index is 0.194. The fourth-order valence-corrected chi connectivity index (χ4v) is 2.95. The Hall–Kier alpha value is -2.74. The summed E-state index contributed by atoms with van der Waals surface area (Å²) in [5, 5.41) is 2.85. The minimum atomic E-state index is -3.33. The van der Waals surface area contributed by atoms with E-state index >= 15 is 0 Å². The van der Waals surface area contributed by atoms with Crippen LogP contribution in [0.15, 0.2) is 48.5 Å². The van der Waals surface area contributed by atoms with Crippen molar-refractivity contribution in [2.75, 3.05) is 24.2 Å². The first-order valence-corrected chi connectivity index (χ1v) is 11.1. The summed E-state index contributed by atoms with van der Waals surface area (Å²) in [6, 6.07) is 14.0. The second-order valence-electron chi connectivity index (χ2n) is 7.02. The van der Waals surface area contributed by atoms with Crippen molar-refractivity contribution < 1.29 is 22.7 Å². The van der Waals surface area contributed by atoms with E-state index in [1.54, 1.807) is 31.2 Å². The molecule has 0 heterocycles. The molecule has 0 aliphatic heterocycles. The Balaban J connectivity index is 1.84. The molecule has 0 radical (unpaired) electrons. The van der Waals surface area contributed by atoms with Gasteiger partial charge in [-0.15, -0.1) is 0 Å². The number of benzene rings is 2. The van der Waals surface area contributed by atoms with E-state index in [9.17, 15) is 13.2 Å². The van der Waals surface area contributed by atoms with Crippen LogP contribution in [0, 0.1) is 6.92 Å². The molecular formula is C21H28N2O5S. The molecule has 1 amide bonds. The molecule has 8 heteroatoms. The molecule has 0 saturated heterocycles. The van der Waals surface area contributed by atoms with Crippen molar-refractivity contribution in [3.8, 4) is 11.5 Å². The highest BCUT2D eigenvalue weighted by Crippen LogP contribution is 2.21. The van der Waals surface area contributed by atoms with Crippen LogP contribution in [0.5, 0.6) is 11.5 Å². The number of ether oxygens (including phenoxy) is 2. The number of carbonyl (C=O) groups is 1. The summed E-state index contributed by atoms with van der Waals surface area (Å²) in [4.78, 5) is 12.3. The molecule has 2 aromatic rings. The number of nitrogens with one attached hydrogen (secondary N) is 1. The van der Waals surface area contributed by atoms with Crippen molar-refractivity contribution >= 4 is 21.6 Å². The maximum absolute atomic E-state index is 12.3. The summed E-state index contributed by atoms with van der Waals surface area (Å²) >= 11 is 0. The van der Waals surface area contributed by atoms with Gasteiger partial charge in [0.2, 0.25) is 10.0 Å². The fraction of sp³-hybridized carbons (Fsp3) is 0.381. The van der Waals surface area contributed by atoms with Gasteiger partial charge in [-0.1, -0.05) is 17.7 Å². The number of hydrogen-bond donors (Lipinski definition) is 1. The maximum atomic E-state index is 12.3. The number of anilines is 1. The van der Waals surface area contributed by atoms with Gasteiger partial charge in [0.05, 0.1) is 18.0 Å². The number of sulfonamides is 1. The van der Waals surface area contributed by atoms with Crippen molar-refractivity contribution in [2.24, 2.45) is 0 Å². The van der Waals surface area contributed by atoms with Gasteiger partial charge in [0.1, 0.15) is 18.1 Å². The highest BCUT2D eigenvalue weighted by atomic mass is 32.2. The summed E-state index contributed by atoms with van der Waals surface area (Å²) in [5.74, 6) is 0.962. The Bertz CT molecular complexity index is 911. The van der Waals surface area contributed by atoms with Crippen LogP contribution in [0.25, 0.3) is 0 Å². The van der Waals surface area contributed by atoms with E-state index in [4.69, 9.17) is 9.47 Å². The topological polar surface area (TPSA) is 84.9 Å². The smallest absolute Gasteiger partial charge is 0.261 e. The van der Waals surface area contributed by atoms with Gasteiger partial charge in [-0.3, -0.25) is 9.10 Å². The molecular weight excluding hydrogens is 392 g/mol. The van der Waals surface area contributed by atoms with Gasteiger partial charge in [0.15, 0.2) is 6.10 Å². The van der Waals surface area contributed by atoms with Gasteiger partial charge in [-0.25, -0.2) is 8.42 Å². The average molecular weight is 421 g/mol. The van der Waals surface area contributed by atoms with E-state index in [1.807, 2.05) is 38.1 Å². The molecule has 0 saturated carbocycles. The monoisotopic (exact) mass is 420 g/mol. The summed E-state index contributed by atoms with van der Waals surface area (Å²) in [7, 11) is -1.86. The van der Waals surface area contributed by atoms with Crippen LogP contribution in [0.2, 0.25) is 0 Å². The normalized spacial score (nSPS) is 13.3. The zero-order valence-corrected chi connectivity index (χ0v) is 18.2. The van der Waals surface area contributed by atoms with Crippen LogP contribution < -0.4 is 19.1 Å². The lowest BCUT2D eigenvalue weighted by Crippen LogP contribution is -2.43. The zero-order valence-electron chi connectivity index (χ0n) is 17.4. The van der Waals surface area contributed by atoms with Crippen LogP contribution in [-0.2, 0) is 14.8 Å². The zero-order chi connectivity index (χ0) is 21.6. The average Bonchev–Trinajstić information content (AvgIpc) is 2.66. The quantitative estimate of drug-likeness (QED) is 0.674. The summed E-state index contributed by atoms with van der Waals surface area (Å²) in [6.45, 7) is 5.85. The SMILES string of the molecule is Cc1ccc(OC[C@@H](C)NC(=O)[C@@H](C)Oc2ccc(N(C)S(C)(=O)=O)cc2)cc1. The molecule has 7 nitrogen and oxygen atoms in total. The molecule has 0 unspecified atom stereocenters. The van der Waals surface area contributed by atoms with Crippen molar-refractivity contribution in [3.63, 3.8) is 0 Å². The highest BCUT2D eigenvalue weighted by Gasteiger charge is 2.18. The second kappa shape index (κ2) is 9.65. The lowest BCUT2D eigenvalue weighted by molar-refractivity contribution is -0.128. The van der Waals surface area contributed by atoms with Crippen molar-refractivity contribution in [1.82, 2.24) is 5.32 Å². The summed E-state index contributed by atoms with van der Waals surface area (Å²) < 4.78 is 35.7.